The molecule has 0 heterocycles. The van der Waals surface area contributed by atoms with Crippen molar-refractivity contribution in [2.75, 3.05) is 27.9 Å². The highest BCUT2D eigenvalue weighted by atomic mass is 32.2. The molecule has 0 spiro atoms. The van der Waals surface area contributed by atoms with Crippen LogP contribution in [-0.2, 0) is 14.8 Å². The lowest BCUT2D eigenvalue weighted by Gasteiger charge is -2.33. The molecule has 34 heavy (non-hydrogen) atoms. The van der Waals surface area contributed by atoms with Gasteiger partial charge in [-0.3, -0.25) is 4.79 Å². The number of carbonyl (C=O) groups is 1. The molecule has 186 valence electrons. The van der Waals surface area contributed by atoms with E-state index >= 15 is 0 Å². The molecule has 8 nitrogen and oxygen atoms in total. The van der Waals surface area contributed by atoms with E-state index < -0.39 is 10.0 Å². The molecular weight excluding hydrogens is 456 g/mol. The summed E-state index contributed by atoms with van der Waals surface area (Å²) >= 11 is 0. The first kappa shape index (κ1) is 25.8. The second-order valence-corrected chi connectivity index (χ2v) is 10.3. The minimum atomic E-state index is -3.95. The molecule has 1 amide bonds. The monoisotopic (exact) mass is 490 g/mol. The first-order valence-corrected chi connectivity index (χ1v) is 12.9. The van der Waals surface area contributed by atoms with Crippen molar-refractivity contribution in [1.29, 1.82) is 0 Å². The van der Waals surface area contributed by atoms with Gasteiger partial charge in [0.15, 0.2) is 11.5 Å². The van der Waals surface area contributed by atoms with E-state index in [9.17, 15) is 13.2 Å². The van der Waals surface area contributed by atoms with Crippen LogP contribution in [0.2, 0.25) is 0 Å². The maximum atomic E-state index is 13.7. The number of benzene rings is 2. The highest BCUT2D eigenvalue weighted by Gasteiger charge is 2.35. The van der Waals surface area contributed by atoms with Crippen LogP contribution in [0.4, 0.5) is 0 Å². The third kappa shape index (κ3) is 5.82. The second-order valence-electron chi connectivity index (χ2n) is 8.39. The van der Waals surface area contributed by atoms with E-state index in [1.54, 1.807) is 13.2 Å². The van der Waals surface area contributed by atoms with Crippen molar-refractivity contribution in [3.05, 3.63) is 48.0 Å². The normalized spacial score (nSPS) is 15.6. The predicted molar refractivity (Wildman–Crippen MR) is 130 cm³/mol. The van der Waals surface area contributed by atoms with Gasteiger partial charge in [0.2, 0.25) is 15.9 Å². The molecule has 1 atom stereocenters. The van der Waals surface area contributed by atoms with E-state index in [2.05, 4.69) is 5.32 Å². The second kappa shape index (κ2) is 11.6. The van der Waals surface area contributed by atoms with Gasteiger partial charge in [0, 0.05) is 17.7 Å². The Morgan fingerprint density at radius 3 is 2.26 bits per heavy atom. The molecule has 2 aromatic carbocycles. The summed E-state index contributed by atoms with van der Waals surface area (Å²) in [5.41, 5.74) is 0.824. The Morgan fingerprint density at radius 1 is 0.971 bits per heavy atom. The molecule has 3 rings (SSSR count). The molecule has 9 heteroatoms. The van der Waals surface area contributed by atoms with Crippen molar-refractivity contribution in [2.24, 2.45) is 0 Å². The van der Waals surface area contributed by atoms with Crippen LogP contribution in [0.25, 0.3) is 0 Å². The molecule has 0 bridgehead atoms. The van der Waals surface area contributed by atoms with Crippen LogP contribution in [0, 0.1) is 0 Å². The molecule has 0 unspecified atom stereocenters. The van der Waals surface area contributed by atoms with Gasteiger partial charge in [-0.05, 0) is 38.0 Å². The van der Waals surface area contributed by atoms with Crippen LogP contribution >= 0.6 is 0 Å². The van der Waals surface area contributed by atoms with Crippen molar-refractivity contribution >= 4 is 15.9 Å². The third-order valence-corrected chi connectivity index (χ3v) is 8.12. The molecule has 1 aliphatic rings. The lowest BCUT2D eigenvalue weighted by atomic mass is 9.95. The minimum Gasteiger partial charge on any atom is -0.496 e. The molecule has 0 aliphatic heterocycles. The standard InChI is InChI=1S/C25H34N2O6S/c1-18(21-12-8-9-13-22(21)31-2)26-25(28)17-27(19-10-6-5-7-11-19)34(29,30)20-14-15-23(32-3)24(16-20)33-4/h8-9,12-16,18-19H,5-7,10-11,17H2,1-4H3,(H,26,28)/t18-/m0/s1. The van der Waals surface area contributed by atoms with E-state index in [0.29, 0.717) is 17.2 Å². The zero-order valence-corrected chi connectivity index (χ0v) is 21.1. The SMILES string of the molecule is COc1ccc(S(=O)(=O)N(CC(=O)N[C@@H](C)c2ccccc2OC)C2CCCCC2)cc1OC. The molecule has 0 aromatic heterocycles. The fourth-order valence-corrected chi connectivity index (χ4v) is 6.08. The summed E-state index contributed by atoms with van der Waals surface area (Å²) in [5, 5.41) is 2.94. The molecule has 1 fully saturated rings. The van der Waals surface area contributed by atoms with Gasteiger partial charge in [-0.2, -0.15) is 4.31 Å². The van der Waals surface area contributed by atoms with Gasteiger partial charge in [0.05, 0.1) is 38.8 Å². The Hall–Kier alpha value is -2.78. The molecule has 2 aromatic rings. The zero-order chi connectivity index (χ0) is 24.7. The minimum absolute atomic E-state index is 0.0706. The largest absolute Gasteiger partial charge is 0.496 e. The number of sulfonamides is 1. The molecule has 1 saturated carbocycles. The number of para-hydroxylation sites is 1. The quantitative estimate of drug-likeness (QED) is 0.543. The van der Waals surface area contributed by atoms with Crippen molar-refractivity contribution in [3.8, 4) is 17.2 Å². The molecular formula is C25H34N2O6S. The Morgan fingerprint density at radius 2 is 1.62 bits per heavy atom. The number of hydrogen-bond acceptors (Lipinski definition) is 6. The Labute approximate surface area is 202 Å². The average Bonchev–Trinajstić information content (AvgIpc) is 2.87. The Kier molecular flexibility index (Phi) is 8.79. The fourth-order valence-electron chi connectivity index (χ4n) is 4.42. The fraction of sp³-hybridized carbons (Fsp3) is 0.480. The van der Waals surface area contributed by atoms with Gasteiger partial charge in [0.25, 0.3) is 0 Å². The number of nitrogens with one attached hydrogen (secondary N) is 1. The predicted octanol–water partition coefficient (Wildman–Crippen LogP) is 3.91. The smallest absolute Gasteiger partial charge is 0.243 e. The van der Waals surface area contributed by atoms with Gasteiger partial charge < -0.3 is 19.5 Å². The molecule has 0 radical (unpaired) electrons. The summed E-state index contributed by atoms with van der Waals surface area (Å²) in [6.45, 7) is 1.59. The third-order valence-electron chi connectivity index (χ3n) is 6.23. The van der Waals surface area contributed by atoms with Crippen molar-refractivity contribution in [3.63, 3.8) is 0 Å². The number of carbonyl (C=O) groups excluding carboxylic acids is 1. The molecule has 1 N–H and O–H groups in total. The van der Waals surface area contributed by atoms with Crippen LogP contribution in [-0.4, -0.2) is 52.5 Å². The van der Waals surface area contributed by atoms with Crippen molar-refractivity contribution < 1.29 is 27.4 Å². The highest BCUT2D eigenvalue weighted by Crippen LogP contribution is 2.33. The van der Waals surface area contributed by atoms with Crippen LogP contribution in [0.1, 0.15) is 50.6 Å². The lowest BCUT2D eigenvalue weighted by molar-refractivity contribution is -0.122. The number of amides is 1. The molecule has 1 aliphatic carbocycles. The van der Waals surface area contributed by atoms with Crippen LogP contribution in [0.5, 0.6) is 17.2 Å². The maximum Gasteiger partial charge on any atom is 0.243 e. The first-order valence-electron chi connectivity index (χ1n) is 11.5. The highest BCUT2D eigenvalue weighted by molar-refractivity contribution is 7.89. The van der Waals surface area contributed by atoms with Crippen molar-refractivity contribution in [1.82, 2.24) is 9.62 Å². The van der Waals surface area contributed by atoms with Crippen molar-refractivity contribution in [2.45, 2.75) is 56.0 Å². The summed E-state index contributed by atoms with van der Waals surface area (Å²) < 4.78 is 44.7. The summed E-state index contributed by atoms with van der Waals surface area (Å²) in [6, 6.07) is 11.3. The number of ether oxygens (including phenoxy) is 3. The maximum absolute atomic E-state index is 13.7. The lowest BCUT2D eigenvalue weighted by Crippen LogP contribution is -2.47. The topological polar surface area (TPSA) is 94.2 Å². The van der Waals surface area contributed by atoms with E-state index in [1.807, 2.05) is 31.2 Å². The van der Waals surface area contributed by atoms with Crippen LogP contribution in [0.15, 0.2) is 47.4 Å². The van der Waals surface area contributed by atoms with E-state index in [-0.39, 0.29) is 29.4 Å². The Balaban J connectivity index is 1.86. The first-order chi connectivity index (χ1) is 16.3. The van der Waals surface area contributed by atoms with E-state index in [4.69, 9.17) is 14.2 Å². The van der Waals surface area contributed by atoms with Gasteiger partial charge >= 0.3 is 0 Å². The Bertz CT molecular complexity index is 1080. The number of rotatable bonds is 10. The van der Waals surface area contributed by atoms with Gasteiger partial charge in [0.1, 0.15) is 5.75 Å². The van der Waals surface area contributed by atoms with E-state index in [0.717, 1.165) is 37.7 Å². The van der Waals surface area contributed by atoms with Gasteiger partial charge in [-0.1, -0.05) is 37.5 Å². The van der Waals surface area contributed by atoms with E-state index in [1.165, 1.54) is 30.7 Å². The summed E-state index contributed by atoms with van der Waals surface area (Å²) in [6.07, 6.45) is 4.38. The number of methoxy groups -OCH3 is 3. The van der Waals surface area contributed by atoms with Gasteiger partial charge in [-0.15, -0.1) is 0 Å². The van der Waals surface area contributed by atoms with Crippen LogP contribution in [0.3, 0.4) is 0 Å². The average molecular weight is 491 g/mol. The van der Waals surface area contributed by atoms with Gasteiger partial charge in [-0.25, -0.2) is 8.42 Å². The zero-order valence-electron chi connectivity index (χ0n) is 20.2. The number of nitrogens with zero attached hydrogens (tertiary/aromatic N) is 1. The summed E-state index contributed by atoms with van der Waals surface area (Å²) in [7, 11) is 0.575. The molecule has 0 saturated heterocycles. The summed E-state index contributed by atoms with van der Waals surface area (Å²) in [4.78, 5) is 13.1. The number of hydrogen-bond donors (Lipinski definition) is 1. The summed E-state index contributed by atoms with van der Waals surface area (Å²) in [5.74, 6) is 1.06. The van der Waals surface area contributed by atoms with Crippen LogP contribution < -0.4 is 19.5 Å².